The Hall–Kier alpha value is -2.00. The van der Waals surface area contributed by atoms with E-state index in [1.54, 1.807) is 7.11 Å². The Morgan fingerprint density at radius 2 is 1.75 bits per heavy atom. The molecule has 1 saturated carbocycles. The van der Waals surface area contributed by atoms with Gasteiger partial charge in [-0.05, 0) is 54.8 Å². The van der Waals surface area contributed by atoms with Gasteiger partial charge in [-0.3, -0.25) is 4.79 Å². The number of rotatable bonds is 3. The Labute approximate surface area is 147 Å². The zero-order valence-electron chi connectivity index (χ0n) is 13.6. The Morgan fingerprint density at radius 1 is 1.04 bits per heavy atom. The zero-order chi connectivity index (χ0) is 16.7. The van der Waals surface area contributed by atoms with Gasteiger partial charge in [0.15, 0.2) is 0 Å². The van der Waals surface area contributed by atoms with E-state index in [4.69, 9.17) is 16.3 Å². The van der Waals surface area contributed by atoms with E-state index in [9.17, 15) is 4.79 Å². The van der Waals surface area contributed by atoms with Crippen molar-refractivity contribution in [1.29, 1.82) is 0 Å². The van der Waals surface area contributed by atoms with Crippen molar-refractivity contribution in [1.82, 2.24) is 0 Å². The van der Waals surface area contributed by atoms with E-state index in [0.29, 0.717) is 12.2 Å². The van der Waals surface area contributed by atoms with E-state index >= 15 is 0 Å². The summed E-state index contributed by atoms with van der Waals surface area (Å²) in [6, 6.07) is 16.4. The predicted octanol–water partition coefficient (Wildman–Crippen LogP) is 4.65. The van der Waals surface area contributed by atoms with Crippen molar-refractivity contribution in [3.63, 3.8) is 0 Å². The molecule has 0 aromatic heterocycles. The van der Waals surface area contributed by atoms with Gasteiger partial charge >= 0.3 is 0 Å². The largest absolute Gasteiger partial charge is 0.497 e. The first kappa shape index (κ1) is 15.5. The van der Waals surface area contributed by atoms with Crippen molar-refractivity contribution >= 4 is 23.1 Å². The van der Waals surface area contributed by atoms with Gasteiger partial charge in [0.1, 0.15) is 11.5 Å². The maximum absolute atomic E-state index is 12.5. The third kappa shape index (κ3) is 2.57. The van der Waals surface area contributed by atoms with Gasteiger partial charge in [0, 0.05) is 29.1 Å². The minimum Gasteiger partial charge on any atom is -0.497 e. The summed E-state index contributed by atoms with van der Waals surface area (Å²) in [5.41, 5.74) is 2.32. The van der Waals surface area contributed by atoms with Crippen molar-refractivity contribution in [3.8, 4) is 5.75 Å². The molecule has 0 radical (unpaired) electrons. The van der Waals surface area contributed by atoms with Gasteiger partial charge in [-0.25, -0.2) is 0 Å². The fraction of sp³-hybridized carbons (Fsp3) is 0.350. The van der Waals surface area contributed by atoms with E-state index < -0.39 is 0 Å². The highest BCUT2D eigenvalue weighted by atomic mass is 35.5. The number of nitrogens with zero attached hydrogens (tertiary/aromatic N) is 1. The number of ketones is 1. The summed E-state index contributed by atoms with van der Waals surface area (Å²) in [5.74, 6) is 1.31. The molecule has 2 heterocycles. The van der Waals surface area contributed by atoms with Crippen LogP contribution in [0.3, 0.4) is 0 Å². The first-order chi connectivity index (χ1) is 11.7. The van der Waals surface area contributed by atoms with E-state index in [0.717, 1.165) is 34.9 Å². The van der Waals surface area contributed by atoms with E-state index in [-0.39, 0.29) is 18.0 Å². The molecule has 2 aromatic rings. The van der Waals surface area contributed by atoms with Crippen LogP contribution in [0.15, 0.2) is 48.5 Å². The standard InChI is InChI=1S/C20H20ClNO2/c1-24-17-9-6-15(7-10-17)22-16-8-11-18(19(23)12-16)20(22)13-2-4-14(21)5-3-13/h2-7,9-10,16,18,20H,8,11-12H2,1H3/t16-,18+,20+/m1/s1. The number of methoxy groups -OCH3 is 1. The molecule has 4 heteroatoms. The van der Waals surface area contributed by atoms with Gasteiger partial charge in [0.25, 0.3) is 0 Å². The number of anilines is 1. The third-order valence-electron chi connectivity index (χ3n) is 5.32. The topological polar surface area (TPSA) is 29.5 Å². The molecular formula is C20H20ClNO2. The average Bonchev–Trinajstić information content (AvgIpc) is 2.62. The summed E-state index contributed by atoms with van der Waals surface area (Å²) in [4.78, 5) is 14.9. The molecule has 3 atom stereocenters. The fourth-order valence-electron chi connectivity index (χ4n) is 4.19. The molecule has 3 nitrogen and oxygen atoms in total. The lowest BCUT2D eigenvalue weighted by molar-refractivity contribution is -0.128. The van der Waals surface area contributed by atoms with Crippen LogP contribution in [0.4, 0.5) is 5.69 Å². The number of carbonyl (C=O) groups excluding carboxylic acids is 1. The SMILES string of the molecule is COc1ccc(N2[C@@H]3CC[C@@H](C(=O)C3)[C@@H]2c2ccc(Cl)cc2)cc1. The van der Waals surface area contributed by atoms with Gasteiger partial charge in [-0.1, -0.05) is 23.7 Å². The van der Waals surface area contributed by atoms with Crippen molar-refractivity contribution in [2.45, 2.75) is 31.3 Å². The minimum atomic E-state index is 0.0678. The Morgan fingerprint density at radius 3 is 2.38 bits per heavy atom. The van der Waals surface area contributed by atoms with Crippen LogP contribution in [0.1, 0.15) is 30.9 Å². The van der Waals surface area contributed by atoms with E-state index in [1.807, 2.05) is 24.3 Å². The zero-order valence-corrected chi connectivity index (χ0v) is 14.4. The monoisotopic (exact) mass is 341 g/mol. The molecule has 0 spiro atoms. The lowest BCUT2D eigenvalue weighted by Gasteiger charge is -2.52. The maximum Gasteiger partial charge on any atom is 0.140 e. The van der Waals surface area contributed by atoms with Crippen LogP contribution < -0.4 is 9.64 Å². The molecule has 3 fully saturated rings. The lowest BCUT2D eigenvalue weighted by atomic mass is 9.71. The van der Waals surface area contributed by atoms with Crippen LogP contribution in [0, 0.1) is 5.92 Å². The highest BCUT2D eigenvalue weighted by molar-refractivity contribution is 6.30. The number of ether oxygens (including phenoxy) is 1. The van der Waals surface area contributed by atoms with Crippen molar-refractivity contribution in [3.05, 3.63) is 59.1 Å². The van der Waals surface area contributed by atoms with Crippen LogP contribution in [0.5, 0.6) is 5.75 Å². The second kappa shape index (κ2) is 6.14. The molecule has 2 aromatic carbocycles. The van der Waals surface area contributed by atoms with Crippen LogP contribution in [0.2, 0.25) is 5.02 Å². The van der Waals surface area contributed by atoms with E-state index in [1.165, 1.54) is 0 Å². The smallest absolute Gasteiger partial charge is 0.140 e. The Bertz CT molecular complexity index is 741. The third-order valence-corrected chi connectivity index (χ3v) is 5.57. The number of hydrogen-bond acceptors (Lipinski definition) is 3. The van der Waals surface area contributed by atoms with Crippen molar-refractivity contribution in [2.75, 3.05) is 12.0 Å². The first-order valence-electron chi connectivity index (χ1n) is 8.38. The normalized spacial score (nSPS) is 25.8. The summed E-state index contributed by atoms with van der Waals surface area (Å²) in [5, 5.41) is 0.724. The van der Waals surface area contributed by atoms with Crippen LogP contribution in [-0.2, 0) is 4.79 Å². The summed E-state index contributed by atoms with van der Waals surface area (Å²) in [6.07, 6.45) is 2.71. The highest BCUT2D eigenvalue weighted by Crippen LogP contribution is 2.48. The minimum absolute atomic E-state index is 0.0678. The number of hydrogen-bond donors (Lipinski definition) is 0. The van der Waals surface area contributed by atoms with Gasteiger partial charge in [-0.2, -0.15) is 0 Å². The molecule has 0 unspecified atom stereocenters. The molecular weight excluding hydrogens is 322 g/mol. The second-order valence-corrected chi connectivity index (χ2v) is 7.05. The number of Topliss-reactive ketones (excluding diaryl/α,β-unsaturated/α-hetero) is 1. The molecule has 0 amide bonds. The molecule has 1 aliphatic carbocycles. The van der Waals surface area contributed by atoms with Crippen LogP contribution >= 0.6 is 11.6 Å². The fourth-order valence-corrected chi connectivity index (χ4v) is 4.32. The summed E-state index contributed by atoms with van der Waals surface area (Å²) in [6.45, 7) is 0. The predicted molar refractivity (Wildman–Crippen MR) is 95.8 cm³/mol. The second-order valence-electron chi connectivity index (χ2n) is 6.61. The van der Waals surface area contributed by atoms with Crippen LogP contribution in [-0.4, -0.2) is 18.9 Å². The molecule has 2 bridgehead atoms. The Kier molecular flexibility index (Phi) is 3.97. The van der Waals surface area contributed by atoms with Gasteiger partial charge < -0.3 is 9.64 Å². The summed E-state index contributed by atoms with van der Waals surface area (Å²) >= 11 is 6.05. The highest BCUT2D eigenvalue weighted by Gasteiger charge is 2.47. The lowest BCUT2D eigenvalue weighted by Crippen LogP contribution is -2.54. The summed E-state index contributed by atoms with van der Waals surface area (Å²) in [7, 11) is 1.67. The molecule has 124 valence electrons. The van der Waals surface area contributed by atoms with Crippen LogP contribution in [0.25, 0.3) is 0 Å². The number of carbonyl (C=O) groups is 1. The number of piperidine rings is 2. The number of fused-ring (bicyclic) bond motifs is 3. The van der Waals surface area contributed by atoms with Crippen molar-refractivity contribution < 1.29 is 9.53 Å². The van der Waals surface area contributed by atoms with Crippen molar-refractivity contribution in [2.24, 2.45) is 5.92 Å². The summed E-state index contributed by atoms with van der Waals surface area (Å²) < 4.78 is 5.27. The number of benzene rings is 2. The van der Waals surface area contributed by atoms with Gasteiger partial charge in [0.05, 0.1) is 13.2 Å². The molecule has 2 aliphatic heterocycles. The quantitative estimate of drug-likeness (QED) is 0.814. The molecule has 0 N–H and O–H groups in total. The molecule has 3 aliphatic rings. The Balaban J connectivity index is 1.76. The molecule has 24 heavy (non-hydrogen) atoms. The molecule has 5 rings (SSSR count). The van der Waals surface area contributed by atoms with Gasteiger partial charge in [0.2, 0.25) is 0 Å². The molecule has 2 saturated heterocycles. The van der Waals surface area contributed by atoms with E-state index in [2.05, 4.69) is 29.2 Å². The maximum atomic E-state index is 12.5. The van der Waals surface area contributed by atoms with Gasteiger partial charge in [-0.15, -0.1) is 0 Å². The average molecular weight is 342 g/mol. The number of halogens is 1. The first-order valence-corrected chi connectivity index (χ1v) is 8.76.